The van der Waals surface area contributed by atoms with Crippen LogP contribution >= 0.6 is 11.8 Å². The zero-order valence-corrected chi connectivity index (χ0v) is 12.0. The Balaban J connectivity index is 1.64. The molecule has 5 nitrogen and oxygen atoms in total. The first-order chi connectivity index (χ1) is 9.42. The van der Waals surface area contributed by atoms with Gasteiger partial charge in [0, 0.05) is 43.2 Å². The topological polar surface area (TPSA) is 53.1 Å². The summed E-state index contributed by atoms with van der Waals surface area (Å²) in [5, 5.41) is 6.93. The summed E-state index contributed by atoms with van der Waals surface area (Å²) >= 11 is 2.02. The number of piperidine rings is 1. The second-order valence-electron chi connectivity index (χ2n) is 5.05. The molecule has 0 aromatic carbocycles. The third-order valence-corrected chi connectivity index (χ3v) is 4.58. The lowest BCUT2D eigenvalue weighted by Gasteiger charge is -2.28. The van der Waals surface area contributed by atoms with Crippen LogP contribution < -0.4 is 15.5 Å². The molecule has 0 aliphatic carbocycles. The Labute approximate surface area is 118 Å². The average molecular weight is 279 g/mol. The van der Waals surface area contributed by atoms with E-state index in [2.05, 4.69) is 31.6 Å². The number of aromatic nitrogens is 2. The van der Waals surface area contributed by atoms with E-state index in [4.69, 9.17) is 0 Å². The molecule has 1 aromatic rings. The maximum atomic E-state index is 4.41. The molecule has 6 heteroatoms. The highest BCUT2D eigenvalue weighted by molar-refractivity contribution is 7.99. The van der Waals surface area contributed by atoms with Crippen LogP contribution in [0.2, 0.25) is 0 Å². The van der Waals surface area contributed by atoms with E-state index in [1.165, 1.54) is 24.3 Å². The summed E-state index contributed by atoms with van der Waals surface area (Å²) in [6, 6.07) is 2.58. The molecule has 19 heavy (non-hydrogen) atoms. The minimum absolute atomic E-state index is 0.494. The quantitative estimate of drug-likeness (QED) is 0.867. The van der Waals surface area contributed by atoms with Gasteiger partial charge in [0.15, 0.2) is 0 Å². The Bertz CT molecular complexity index is 402. The highest BCUT2D eigenvalue weighted by Gasteiger charge is 2.15. The zero-order valence-electron chi connectivity index (χ0n) is 11.1. The van der Waals surface area contributed by atoms with Crippen LogP contribution in [0.5, 0.6) is 0 Å². The van der Waals surface area contributed by atoms with Gasteiger partial charge in [0.05, 0.1) is 0 Å². The fourth-order valence-corrected chi connectivity index (χ4v) is 3.48. The maximum absolute atomic E-state index is 4.41. The van der Waals surface area contributed by atoms with Gasteiger partial charge in [0.1, 0.15) is 18.0 Å². The van der Waals surface area contributed by atoms with Crippen molar-refractivity contribution in [2.45, 2.75) is 18.9 Å². The summed E-state index contributed by atoms with van der Waals surface area (Å²) in [7, 11) is 0. The van der Waals surface area contributed by atoms with Gasteiger partial charge in [-0.05, 0) is 19.4 Å². The molecule has 2 aliphatic heterocycles. The average Bonchev–Trinajstić information content (AvgIpc) is 2.49. The Hall–Kier alpha value is -1.01. The van der Waals surface area contributed by atoms with Crippen LogP contribution in [0.1, 0.15) is 12.8 Å². The van der Waals surface area contributed by atoms with Gasteiger partial charge in [-0.3, -0.25) is 0 Å². The summed E-state index contributed by atoms with van der Waals surface area (Å²) in [4.78, 5) is 11.1. The largest absolute Gasteiger partial charge is 0.366 e. The molecule has 0 spiro atoms. The molecule has 0 bridgehead atoms. The van der Waals surface area contributed by atoms with E-state index in [1.54, 1.807) is 6.33 Å². The molecule has 0 amide bonds. The van der Waals surface area contributed by atoms with Crippen LogP contribution in [0, 0.1) is 0 Å². The number of nitrogens with one attached hydrogen (secondary N) is 2. The molecule has 0 saturated carbocycles. The minimum atomic E-state index is 0.494. The molecule has 3 rings (SSSR count). The third-order valence-electron chi connectivity index (χ3n) is 3.64. The van der Waals surface area contributed by atoms with Crippen molar-refractivity contribution in [2.24, 2.45) is 0 Å². The van der Waals surface area contributed by atoms with Gasteiger partial charge in [0.25, 0.3) is 0 Å². The van der Waals surface area contributed by atoms with Crippen molar-refractivity contribution in [1.82, 2.24) is 15.3 Å². The van der Waals surface area contributed by atoms with E-state index in [0.29, 0.717) is 6.04 Å². The van der Waals surface area contributed by atoms with Crippen LogP contribution in [0.3, 0.4) is 0 Å². The van der Waals surface area contributed by atoms with Crippen molar-refractivity contribution in [3.8, 4) is 0 Å². The molecule has 1 unspecified atom stereocenters. The van der Waals surface area contributed by atoms with Crippen molar-refractivity contribution in [3.63, 3.8) is 0 Å². The highest BCUT2D eigenvalue weighted by atomic mass is 32.2. The summed E-state index contributed by atoms with van der Waals surface area (Å²) in [5.74, 6) is 4.40. The Morgan fingerprint density at radius 3 is 3.00 bits per heavy atom. The summed E-state index contributed by atoms with van der Waals surface area (Å²) in [5.41, 5.74) is 0. The number of thioether (sulfide) groups is 1. The predicted molar refractivity (Wildman–Crippen MR) is 81.1 cm³/mol. The molecule has 2 fully saturated rings. The van der Waals surface area contributed by atoms with Crippen molar-refractivity contribution in [2.75, 3.05) is 47.9 Å². The lowest BCUT2D eigenvalue weighted by molar-refractivity contribution is 0.479. The lowest BCUT2D eigenvalue weighted by Crippen LogP contribution is -2.38. The van der Waals surface area contributed by atoms with Crippen LogP contribution in [-0.2, 0) is 0 Å². The van der Waals surface area contributed by atoms with Crippen LogP contribution in [0.25, 0.3) is 0 Å². The third kappa shape index (κ3) is 3.51. The van der Waals surface area contributed by atoms with Crippen molar-refractivity contribution < 1.29 is 0 Å². The zero-order chi connectivity index (χ0) is 12.9. The number of anilines is 2. The predicted octanol–water partition coefficient (Wildman–Crippen LogP) is 1.19. The van der Waals surface area contributed by atoms with Crippen LogP contribution in [0.4, 0.5) is 11.6 Å². The highest BCUT2D eigenvalue weighted by Crippen LogP contribution is 2.19. The molecule has 0 radical (unpaired) electrons. The Morgan fingerprint density at radius 1 is 1.32 bits per heavy atom. The van der Waals surface area contributed by atoms with Gasteiger partial charge >= 0.3 is 0 Å². The van der Waals surface area contributed by atoms with Crippen molar-refractivity contribution >= 4 is 23.4 Å². The summed E-state index contributed by atoms with van der Waals surface area (Å²) in [6.07, 6.45) is 4.13. The van der Waals surface area contributed by atoms with Gasteiger partial charge in [-0.2, -0.15) is 11.8 Å². The van der Waals surface area contributed by atoms with Gasteiger partial charge in [-0.15, -0.1) is 0 Å². The molecule has 2 aliphatic rings. The molecule has 3 heterocycles. The van der Waals surface area contributed by atoms with E-state index in [0.717, 1.165) is 37.8 Å². The first kappa shape index (κ1) is 13.0. The van der Waals surface area contributed by atoms with Gasteiger partial charge < -0.3 is 15.5 Å². The molecule has 2 N–H and O–H groups in total. The second kappa shape index (κ2) is 6.43. The fourth-order valence-electron chi connectivity index (χ4n) is 2.58. The number of hydrogen-bond donors (Lipinski definition) is 2. The van der Waals surface area contributed by atoms with Crippen molar-refractivity contribution in [1.29, 1.82) is 0 Å². The first-order valence-electron chi connectivity index (χ1n) is 7.04. The molecule has 1 aromatic heterocycles. The summed E-state index contributed by atoms with van der Waals surface area (Å²) in [6.45, 7) is 4.34. The minimum Gasteiger partial charge on any atom is -0.366 e. The Morgan fingerprint density at radius 2 is 2.21 bits per heavy atom. The van der Waals surface area contributed by atoms with E-state index in [1.807, 2.05) is 11.8 Å². The normalized spacial score (nSPS) is 24.2. The number of rotatable bonds is 3. The van der Waals surface area contributed by atoms with E-state index >= 15 is 0 Å². The van der Waals surface area contributed by atoms with Gasteiger partial charge in [-0.1, -0.05) is 0 Å². The molecule has 2 saturated heterocycles. The fraction of sp³-hybridized carbons (Fsp3) is 0.692. The van der Waals surface area contributed by atoms with E-state index in [-0.39, 0.29) is 0 Å². The lowest BCUT2D eigenvalue weighted by atomic mass is 10.1. The summed E-state index contributed by atoms with van der Waals surface area (Å²) < 4.78 is 0. The van der Waals surface area contributed by atoms with Crippen LogP contribution in [0.15, 0.2) is 12.4 Å². The SMILES string of the molecule is c1nc(NC2CCCNC2)cc(N2CCSCC2)n1. The molecule has 1 atom stereocenters. The molecule has 104 valence electrons. The second-order valence-corrected chi connectivity index (χ2v) is 6.27. The van der Waals surface area contributed by atoms with Gasteiger partial charge in [0.2, 0.25) is 0 Å². The van der Waals surface area contributed by atoms with Crippen LogP contribution in [-0.4, -0.2) is 53.7 Å². The molecular formula is C13H21N5S. The molecular weight excluding hydrogens is 258 g/mol. The standard InChI is InChI=1S/C13H21N5S/c1-2-11(9-14-3-1)17-12-8-13(16-10-15-12)18-4-6-19-7-5-18/h8,10-11,14H,1-7,9H2,(H,15,16,17). The number of hydrogen-bond acceptors (Lipinski definition) is 6. The van der Waals surface area contributed by atoms with E-state index < -0.39 is 0 Å². The smallest absolute Gasteiger partial charge is 0.134 e. The Kier molecular flexibility index (Phi) is 4.40. The van der Waals surface area contributed by atoms with E-state index in [9.17, 15) is 0 Å². The van der Waals surface area contributed by atoms with Gasteiger partial charge in [-0.25, -0.2) is 9.97 Å². The number of nitrogens with zero attached hydrogens (tertiary/aromatic N) is 3. The maximum Gasteiger partial charge on any atom is 0.134 e. The monoisotopic (exact) mass is 279 g/mol. The first-order valence-corrected chi connectivity index (χ1v) is 8.19. The van der Waals surface area contributed by atoms with Crippen molar-refractivity contribution in [3.05, 3.63) is 12.4 Å².